The quantitative estimate of drug-likeness (QED) is 0.807. The van der Waals surface area contributed by atoms with Crippen LogP contribution in [0.4, 0.5) is 0 Å². The Labute approximate surface area is 133 Å². The van der Waals surface area contributed by atoms with E-state index in [2.05, 4.69) is 38.8 Å². The highest BCUT2D eigenvalue weighted by molar-refractivity contribution is 9.10. The van der Waals surface area contributed by atoms with Gasteiger partial charge in [-0.05, 0) is 41.8 Å². The van der Waals surface area contributed by atoms with Crippen LogP contribution in [0.15, 0.2) is 15.5 Å². The smallest absolute Gasteiger partial charge is 0.192 e. The Hall–Kier alpha value is -0.550. The molecular weight excluding hydrogens is 334 g/mol. The molecule has 5 heteroatoms. The summed E-state index contributed by atoms with van der Waals surface area (Å²) in [4.78, 5) is 9.67. The van der Waals surface area contributed by atoms with Crippen LogP contribution < -0.4 is 5.73 Å². The fourth-order valence-electron chi connectivity index (χ4n) is 3.36. The third-order valence-corrected chi connectivity index (χ3v) is 6.69. The molecule has 1 atom stereocenters. The second-order valence-electron chi connectivity index (χ2n) is 5.82. The van der Waals surface area contributed by atoms with Gasteiger partial charge < -0.3 is 10.6 Å². The number of guanidine groups is 1. The minimum absolute atomic E-state index is 0.355. The molecule has 0 spiro atoms. The van der Waals surface area contributed by atoms with Crippen molar-refractivity contribution >= 4 is 33.2 Å². The van der Waals surface area contributed by atoms with Crippen molar-refractivity contribution < 1.29 is 0 Å². The Bertz CT molecular complexity index is 484. The van der Waals surface area contributed by atoms with Gasteiger partial charge >= 0.3 is 0 Å². The number of nitrogens with two attached hydrogens (primary N) is 1. The molecule has 1 fully saturated rings. The molecule has 0 amide bonds. The number of thiophene rings is 1. The Morgan fingerprint density at radius 3 is 2.60 bits per heavy atom. The first-order chi connectivity index (χ1) is 9.66. The zero-order valence-electron chi connectivity index (χ0n) is 11.9. The predicted molar refractivity (Wildman–Crippen MR) is 89.3 cm³/mol. The zero-order chi connectivity index (χ0) is 14.1. The van der Waals surface area contributed by atoms with Gasteiger partial charge in [0.15, 0.2) is 5.96 Å². The molecule has 2 N–H and O–H groups in total. The maximum Gasteiger partial charge on any atom is 0.192 e. The summed E-state index contributed by atoms with van der Waals surface area (Å²) < 4.78 is 1.21. The van der Waals surface area contributed by atoms with Gasteiger partial charge in [-0.1, -0.05) is 25.7 Å². The molecule has 2 heterocycles. The van der Waals surface area contributed by atoms with Gasteiger partial charge in [0.2, 0.25) is 0 Å². The summed E-state index contributed by atoms with van der Waals surface area (Å²) in [5.74, 6) is 0.754. The number of aryl methyl sites for hydroxylation is 1. The Kier molecular flexibility index (Phi) is 4.36. The SMILES string of the molecule is Cc1sc(C2CN=C(N)N2C2CCCCCC2)cc1Br. The van der Waals surface area contributed by atoms with Gasteiger partial charge in [0.25, 0.3) is 0 Å². The third-order valence-electron chi connectivity index (χ3n) is 4.45. The van der Waals surface area contributed by atoms with Crippen molar-refractivity contribution in [1.82, 2.24) is 4.90 Å². The second kappa shape index (κ2) is 6.06. The van der Waals surface area contributed by atoms with Gasteiger partial charge in [0.1, 0.15) is 0 Å². The Morgan fingerprint density at radius 2 is 2.00 bits per heavy atom. The highest BCUT2D eigenvalue weighted by Crippen LogP contribution is 2.38. The van der Waals surface area contributed by atoms with E-state index in [1.54, 1.807) is 0 Å². The van der Waals surface area contributed by atoms with Crippen molar-refractivity contribution in [2.45, 2.75) is 57.5 Å². The monoisotopic (exact) mass is 355 g/mol. The first kappa shape index (κ1) is 14.4. The molecule has 1 aliphatic carbocycles. The number of rotatable bonds is 2. The predicted octanol–water partition coefficient (Wildman–Crippen LogP) is 4.21. The van der Waals surface area contributed by atoms with E-state index in [4.69, 9.17) is 5.73 Å². The summed E-state index contributed by atoms with van der Waals surface area (Å²) in [6, 6.07) is 3.19. The van der Waals surface area contributed by atoms with Crippen LogP contribution in [0.25, 0.3) is 0 Å². The molecule has 0 saturated heterocycles. The van der Waals surface area contributed by atoms with Crippen molar-refractivity contribution in [1.29, 1.82) is 0 Å². The average Bonchev–Trinajstić information content (AvgIpc) is 2.84. The molecule has 1 aromatic rings. The molecule has 2 aliphatic rings. The van der Waals surface area contributed by atoms with E-state index in [9.17, 15) is 0 Å². The normalized spacial score (nSPS) is 24.8. The van der Waals surface area contributed by atoms with Crippen LogP contribution in [0.5, 0.6) is 0 Å². The Balaban J connectivity index is 1.83. The van der Waals surface area contributed by atoms with Gasteiger partial charge in [0.05, 0.1) is 12.6 Å². The van der Waals surface area contributed by atoms with E-state index >= 15 is 0 Å². The highest BCUT2D eigenvalue weighted by Gasteiger charge is 2.34. The number of hydrogen-bond acceptors (Lipinski definition) is 4. The molecule has 20 heavy (non-hydrogen) atoms. The summed E-state index contributed by atoms with van der Waals surface area (Å²) in [6.45, 7) is 2.97. The standard InChI is InChI=1S/C15H22BrN3S/c1-10-12(16)8-14(20-10)13-9-18-15(17)19(13)11-6-4-2-3-5-7-11/h8,11,13H,2-7,9H2,1H3,(H2,17,18). The van der Waals surface area contributed by atoms with Crippen LogP contribution in [0, 0.1) is 6.92 Å². The lowest BCUT2D eigenvalue weighted by Gasteiger charge is -2.33. The maximum absolute atomic E-state index is 6.20. The maximum atomic E-state index is 6.20. The molecule has 0 bridgehead atoms. The molecule has 3 nitrogen and oxygen atoms in total. The molecule has 1 aliphatic heterocycles. The van der Waals surface area contributed by atoms with E-state index < -0.39 is 0 Å². The van der Waals surface area contributed by atoms with Crippen molar-refractivity contribution in [2.75, 3.05) is 6.54 Å². The van der Waals surface area contributed by atoms with Gasteiger partial charge in [-0.3, -0.25) is 4.99 Å². The fourth-order valence-corrected chi connectivity index (χ4v) is 5.01. The number of nitrogens with zero attached hydrogens (tertiary/aromatic N) is 2. The minimum atomic E-state index is 0.355. The molecule has 1 unspecified atom stereocenters. The second-order valence-corrected chi connectivity index (χ2v) is 7.96. The summed E-state index contributed by atoms with van der Waals surface area (Å²) in [5, 5.41) is 0. The first-order valence-corrected chi connectivity index (χ1v) is 9.12. The third kappa shape index (κ3) is 2.75. The molecule has 3 rings (SSSR count). The van der Waals surface area contributed by atoms with Crippen molar-refractivity contribution in [3.8, 4) is 0 Å². The molecular formula is C15H22BrN3S. The van der Waals surface area contributed by atoms with Crippen LogP contribution in [0.3, 0.4) is 0 Å². The van der Waals surface area contributed by atoms with Gasteiger partial charge in [0, 0.05) is 20.3 Å². The topological polar surface area (TPSA) is 41.6 Å². The van der Waals surface area contributed by atoms with Crippen LogP contribution in [0.2, 0.25) is 0 Å². The zero-order valence-corrected chi connectivity index (χ0v) is 14.3. The molecule has 0 radical (unpaired) electrons. The van der Waals surface area contributed by atoms with Gasteiger partial charge in [-0.15, -0.1) is 11.3 Å². The lowest BCUT2D eigenvalue weighted by atomic mass is 10.0. The lowest BCUT2D eigenvalue weighted by molar-refractivity contribution is 0.240. The average molecular weight is 356 g/mol. The van der Waals surface area contributed by atoms with E-state index in [0.717, 1.165) is 12.5 Å². The van der Waals surface area contributed by atoms with Crippen LogP contribution in [0.1, 0.15) is 54.3 Å². The minimum Gasteiger partial charge on any atom is -0.370 e. The number of hydrogen-bond donors (Lipinski definition) is 1. The van der Waals surface area contributed by atoms with Crippen molar-refractivity contribution in [3.05, 3.63) is 20.3 Å². The fraction of sp³-hybridized carbons (Fsp3) is 0.667. The highest BCUT2D eigenvalue weighted by atomic mass is 79.9. The van der Waals surface area contributed by atoms with Gasteiger partial charge in [-0.2, -0.15) is 0 Å². The van der Waals surface area contributed by atoms with E-state index in [1.807, 2.05) is 11.3 Å². The summed E-state index contributed by atoms with van der Waals surface area (Å²) in [7, 11) is 0. The molecule has 1 aromatic heterocycles. The largest absolute Gasteiger partial charge is 0.370 e. The lowest BCUT2D eigenvalue weighted by Crippen LogP contribution is -2.43. The molecule has 1 saturated carbocycles. The van der Waals surface area contributed by atoms with Gasteiger partial charge in [-0.25, -0.2) is 0 Å². The summed E-state index contributed by atoms with van der Waals surface area (Å²) in [5.41, 5.74) is 6.20. The van der Waals surface area contributed by atoms with Crippen LogP contribution in [-0.4, -0.2) is 23.4 Å². The van der Waals surface area contributed by atoms with Crippen molar-refractivity contribution in [3.63, 3.8) is 0 Å². The number of aliphatic imine (C=N–C) groups is 1. The van der Waals surface area contributed by atoms with Crippen LogP contribution >= 0.6 is 27.3 Å². The summed E-state index contributed by atoms with van der Waals surface area (Å²) in [6.07, 6.45) is 7.92. The van der Waals surface area contributed by atoms with E-state index in [0.29, 0.717) is 12.1 Å². The van der Waals surface area contributed by atoms with Crippen LogP contribution in [-0.2, 0) is 0 Å². The molecule has 0 aromatic carbocycles. The van der Waals surface area contributed by atoms with E-state index in [1.165, 1.54) is 52.8 Å². The first-order valence-electron chi connectivity index (χ1n) is 7.51. The summed E-state index contributed by atoms with van der Waals surface area (Å²) >= 11 is 5.50. The molecule has 110 valence electrons. The number of halogens is 1. The van der Waals surface area contributed by atoms with Crippen molar-refractivity contribution in [2.24, 2.45) is 10.7 Å². The Morgan fingerprint density at radius 1 is 1.30 bits per heavy atom. The van der Waals surface area contributed by atoms with E-state index in [-0.39, 0.29) is 0 Å².